The van der Waals surface area contributed by atoms with Gasteiger partial charge in [0, 0.05) is 11.0 Å². The third-order valence-electron chi connectivity index (χ3n) is 3.18. The van der Waals surface area contributed by atoms with Crippen molar-refractivity contribution < 1.29 is 14.3 Å². The quantitative estimate of drug-likeness (QED) is 0.792. The van der Waals surface area contributed by atoms with Crippen molar-refractivity contribution in [2.24, 2.45) is 0 Å². The molecule has 0 spiro atoms. The molecule has 1 aromatic rings. The van der Waals surface area contributed by atoms with Gasteiger partial charge in [-0.2, -0.15) is 0 Å². The van der Waals surface area contributed by atoms with Gasteiger partial charge in [0.15, 0.2) is 0 Å². The SMILES string of the molecule is CCCC(O)(CCC)CNC(=O)c1cc(F)ccc1Br. The first-order valence-corrected chi connectivity index (χ1v) is 7.67. The van der Waals surface area contributed by atoms with E-state index in [0.717, 1.165) is 12.8 Å². The van der Waals surface area contributed by atoms with E-state index in [4.69, 9.17) is 0 Å². The lowest BCUT2D eigenvalue weighted by Crippen LogP contribution is -2.43. The van der Waals surface area contributed by atoms with Gasteiger partial charge in [0.2, 0.25) is 0 Å². The zero-order valence-corrected chi connectivity index (χ0v) is 13.5. The van der Waals surface area contributed by atoms with Crippen molar-refractivity contribution in [3.8, 4) is 0 Å². The smallest absolute Gasteiger partial charge is 0.252 e. The second kappa shape index (κ2) is 7.74. The molecule has 1 aromatic carbocycles. The van der Waals surface area contributed by atoms with Crippen LogP contribution in [-0.2, 0) is 0 Å². The van der Waals surface area contributed by atoms with Crippen LogP contribution >= 0.6 is 15.9 Å². The maximum Gasteiger partial charge on any atom is 0.252 e. The lowest BCUT2D eigenvalue weighted by atomic mass is 9.92. The Hall–Kier alpha value is -0.940. The van der Waals surface area contributed by atoms with Crippen molar-refractivity contribution in [3.63, 3.8) is 0 Å². The van der Waals surface area contributed by atoms with Crippen molar-refractivity contribution in [1.29, 1.82) is 0 Å². The average Bonchev–Trinajstić information content (AvgIpc) is 2.39. The van der Waals surface area contributed by atoms with Gasteiger partial charge in [-0.3, -0.25) is 4.79 Å². The number of hydrogen-bond donors (Lipinski definition) is 2. The molecule has 20 heavy (non-hydrogen) atoms. The number of benzene rings is 1. The molecule has 0 aliphatic rings. The molecule has 2 N–H and O–H groups in total. The first-order chi connectivity index (χ1) is 9.41. The van der Waals surface area contributed by atoms with E-state index in [1.807, 2.05) is 13.8 Å². The summed E-state index contributed by atoms with van der Waals surface area (Å²) in [6.07, 6.45) is 2.95. The lowest BCUT2D eigenvalue weighted by Gasteiger charge is -2.27. The maximum atomic E-state index is 13.2. The number of rotatable bonds is 7. The van der Waals surface area contributed by atoms with Gasteiger partial charge >= 0.3 is 0 Å². The van der Waals surface area contributed by atoms with Gasteiger partial charge in [0.05, 0.1) is 11.2 Å². The highest BCUT2D eigenvalue weighted by molar-refractivity contribution is 9.10. The predicted molar refractivity (Wildman–Crippen MR) is 81.2 cm³/mol. The highest BCUT2D eigenvalue weighted by atomic mass is 79.9. The molecule has 3 nitrogen and oxygen atoms in total. The number of nitrogens with one attached hydrogen (secondary N) is 1. The standard InChI is InChI=1S/C15H21BrFNO2/c1-3-7-15(20,8-4-2)10-18-14(19)12-9-11(17)5-6-13(12)16/h5-6,9,20H,3-4,7-8,10H2,1-2H3,(H,18,19). The molecule has 0 heterocycles. The molecule has 0 saturated heterocycles. The minimum Gasteiger partial charge on any atom is -0.388 e. The molecule has 1 rings (SSSR count). The van der Waals surface area contributed by atoms with E-state index in [-0.39, 0.29) is 18.0 Å². The topological polar surface area (TPSA) is 49.3 Å². The highest BCUT2D eigenvalue weighted by Crippen LogP contribution is 2.20. The second-order valence-electron chi connectivity index (χ2n) is 5.03. The highest BCUT2D eigenvalue weighted by Gasteiger charge is 2.26. The van der Waals surface area contributed by atoms with Gasteiger partial charge in [0.25, 0.3) is 5.91 Å². The van der Waals surface area contributed by atoms with Crippen LogP contribution in [0.3, 0.4) is 0 Å². The summed E-state index contributed by atoms with van der Waals surface area (Å²) in [5.41, 5.74) is -0.653. The normalized spacial score (nSPS) is 11.4. The lowest BCUT2D eigenvalue weighted by molar-refractivity contribution is 0.0213. The largest absolute Gasteiger partial charge is 0.388 e. The first kappa shape index (κ1) is 17.1. The van der Waals surface area contributed by atoms with Crippen molar-refractivity contribution in [3.05, 3.63) is 34.1 Å². The van der Waals surface area contributed by atoms with Crippen LogP contribution in [0.25, 0.3) is 0 Å². The molecule has 0 aliphatic heterocycles. The Kier molecular flexibility index (Phi) is 6.62. The van der Waals surface area contributed by atoms with Gasteiger partial charge in [-0.25, -0.2) is 4.39 Å². The number of aliphatic hydroxyl groups is 1. The summed E-state index contributed by atoms with van der Waals surface area (Å²) >= 11 is 3.22. The number of carbonyl (C=O) groups is 1. The van der Waals surface area contributed by atoms with E-state index in [1.165, 1.54) is 18.2 Å². The summed E-state index contributed by atoms with van der Waals surface area (Å²) in [4.78, 5) is 12.1. The zero-order chi connectivity index (χ0) is 15.2. The summed E-state index contributed by atoms with van der Waals surface area (Å²) in [5, 5.41) is 13.1. The molecule has 112 valence electrons. The maximum absolute atomic E-state index is 13.2. The van der Waals surface area contributed by atoms with Crippen LogP contribution in [0.5, 0.6) is 0 Å². The summed E-state index contributed by atoms with van der Waals surface area (Å²) < 4.78 is 13.7. The average molecular weight is 346 g/mol. The Morgan fingerprint density at radius 3 is 2.50 bits per heavy atom. The second-order valence-corrected chi connectivity index (χ2v) is 5.89. The Labute approximate surface area is 127 Å². The van der Waals surface area contributed by atoms with Gasteiger partial charge in [-0.05, 0) is 47.0 Å². The summed E-state index contributed by atoms with van der Waals surface area (Å²) in [7, 11) is 0. The Morgan fingerprint density at radius 2 is 1.95 bits per heavy atom. The minimum atomic E-state index is -0.890. The number of amides is 1. The van der Waals surface area contributed by atoms with Crippen LogP contribution in [0.4, 0.5) is 4.39 Å². The molecule has 1 amide bonds. The summed E-state index contributed by atoms with van der Waals surface area (Å²) in [6.45, 7) is 4.16. The van der Waals surface area contributed by atoms with Crippen LogP contribution in [0.1, 0.15) is 49.9 Å². The van der Waals surface area contributed by atoms with E-state index in [9.17, 15) is 14.3 Å². The van der Waals surface area contributed by atoms with E-state index in [1.54, 1.807) is 0 Å². The minimum absolute atomic E-state index is 0.177. The molecule has 0 atom stereocenters. The first-order valence-electron chi connectivity index (χ1n) is 6.87. The number of hydrogen-bond acceptors (Lipinski definition) is 2. The Morgan fingerprint density at radius 1 is 1.35 bits per heavy atom. The van der Waals surface area contributed by atoms with Crippen LogP contribution < -0.4 is 5.32 Å². The molecule has 0 aliphatic carbocycles. The van der Waals surface area contributed by atoms with Crippen LogP contribution in [0.15, 0.2) is 22.7 Å². The van der Waals surface area contributed by atoms with Crippen molar-refractivity contribution in [2.45, 2.75) is 45.1 Å². The van der Waals surface area contributed by atoms with E-state index in [0.29, 0.717) is 17.3 Å². The van der Waals surface area contributed by atoms with Crippen LogP contribution in [-0.4, -0.2) is 23.2 Å². The van der Waals surface area contributed by atoms with Gasteiger partial charge in [0.1, 0.15) is 5.82 Å². The molecule has 0 saturated carbocycles. The van der Waals surface area contributed by atoms with Gasteiger partial charge in [-0.15, -0.1) is 0 Å². The summed E-state index contributed by atoms with van der Waals surface area (Å²) in [5.74, 6) is -0.849. The van der Waals surface area contributed by atoms with Crippen molar-refractivity contribution in [1.82, 2.24) is 5.32 Å². The summed E-state index contributed by atoms with van der Waals surface area (Å²) in [6, 6.07) is 3.96. The number of carbonyl (C=O) groups excluding carboxylic acids is 1. The molecular formula is C15H21BrFNO2. The molecule has 0 unspecified atom stereocenters. The molecule has 0 aromatic heterocycles. The van der Waals surface area contributed by atoms with E-state index in [2.05, 4.69) is 21.2 Å². The Bertz CT molecular complexity index is 459. The van der Waals surface area contributed by atoms with Crippen LogP contribution in [0, 0.1) is 5.82 Å². The third-order valence-corrected chi connectivity index (χ3v) is 3.87. The molecule has 0 bridgehead atoms. The van der Waals surface area contributed by atoms with Crippen molar-refractivity contribution in [2.75, 3.05) is 6.54 Å². The predicted octanol–water partition coefficient (Wildman–Crippen LogP) is 3.65. The van der Waals surface area contributed by atoms with E-state index < -0.39 is 11.4 Å². The fraction of sp³-hybridized carbons (Fsp3) is 0.533. The van der Waals surface area contributed by atoms with Crippen molar-refractivity contribution >= 4 is 21.8 Å². The van der Waals surface area contributed by atoms with E-state index >= 15 is 0 Å². The number of halogens is 2. The zero-order valence-electron chi connectivity index (χ0n) is 11.9. The molecule has 5 heteroatoms. The monoisotopic (exact) mass is 345 g/mol. The molecule has 0 fully saturated rings. The fourth-order valence-electron chi connectivity index (χ4n) is 2.24. The van der Waals surface area contributed by atoms with Gasteiger partial charge < -0.3 is 10.4 Å². The third kappa shape index (κ3) is 4.87. The molecular weight excluding hydrogens is 325 g/mol. The van der Waals surface area contributed by atoms with Gasteiger partial charge in [-0.1, -0.05) is 26.7 Å². The molecule has 0 radical (unpaired) electrons. The van der Waals surface area contributed by atoms with Crippen LogP contribution in [0.2, 0.25) is 0 Å². The Balaban J connectivity index is 2.72. The fourth-order valence-corrected chi connectivity index (χ4v) is 2.67.